The fraction of sp³-hybridized carbons (Fsp3) is 0.200. The Kier molecular flexibility index (Phi) is 4.55. The zero-order valence-electron chi connectivity index (χ0n) is 11.5. The molecule has 0 aliphatic rings. The van der Waals surface area contributed by atoms with Crippen LogP contribution < -0.4 is 15.4 Å². The second-order valence-electron chi connectivity index (χ2n) is 4.29. The van der Waals surface area contributed by atoms with Gasteiger partial charge in [0.25, 0.3) is 0 Å². The Hall–Kier alpha value is -2.56. The average molecular weight is 271 g/mol. The number of rotatable bonds is 4. The molecule has 0 aliphatic carbocycles. The number of carbonyl (C=O) groups excluding carboxylic acids is 1. The number of urea groups is 1. The smallest absolute Gasteiger partial charge is 0.319 e. The summed E-state index contributed by atoms with van der Waals surface area (Å²) in [4.78, 5) is 16.0. The van der Waals surface area contributed by atoms with Crippen LogP contribution in [0.25, 0.3) is 0 Å². The van der Waals surface area contributed by atoms with E-state index in [2.05, 4.69) is 15.6 Å². The van der Waals surface area contributed by atoms with Gasteiger partial charge in [-0.3, -0.25) is 0 Å². The van der Waals surface area contributed by atoms with E-state index in [-0.39, 0.29) is 12.1 Å². The molecule has 5 nitrogen and oxygen atoms in total. The number of aromatic nitrogens is 1. The van der Waals surface area contributed by atoms with E-state index in [1.165, 1.54) is 7.11 Å². The molecule has 2 aromatic rings. The lowest BCUT2D eigenvalue weighted by Crippen LogP contribution is -2.31. The monoisotopic (exact) mass is 271 g/mol. The van der Waals surface area contributed by atoms with Gasteiger partial charge in [-0.05, 0) is 24.6 Å². The predicted octanol–water partition coefficient (Wildman–Crippen LogP) is 2.97. The van der Waals surface area contributed by atoms with E-state index in [1.54, 1.807) is 18.3 Å². The normalized spacial score (nSPS) is 11.5. The van der Waals surface area contributed by atoms with Crippen LogP contribution in [0.5, 0.6) is 5.88 Å². The summed E-state index contributed by atoms with van der Waals surface area (Å²) in [5, 5.41) is 5.59. The summed E-state index contributed by atoms with van der Waals surface area (Å²) < 4.78 is 5.08. The second-order valence-corrected chi connectivity index (χ2v) is 4.29. The first-order valence-electron chi connectivity index (χ1n) is 6.32. The highest BCUT2D eigenvalue weighted by Crippen LogP contribution is 2.20. The number of hydrogen-bond donors (Lipinski definition) is 2. The third-order valence-electron chi connectivity index (χ3n) is 2.86. The molecule has 2 rings (SSSR count). The summed E-state index contributed by atoms with van der Waals surface area (Å²) in [6.07, 6.45) is 1.61. The van der Waals surface area contributed by atoms with Crippen LogP contribution in [-0.2, 0) is 0 Å². The topological polar surface area (TPSA) is 63.2 Å². The Labute approximate surface area is 118 Å². The molecule has 0 saturated heterocycles. The number of nitrogens with zero attached hydrogens (tertiary/aromatic N) is 1. The molecular formula is C15H17N3O2. The van der Waals surface area contributed by atoms with Gasteiger partial charge in [-0.25, -0.2) is 9.78 Å². The predicted molar refractivity (Wildman–Crippen MR) is 77.8 cm³/mol. The van der Waals surface area contributed by atoms with E-state index in [1.807, 2.05) is 37.3 Å². The van der Waals surface area contributed by atoms with E-state index >= 15 is 0 Å². The highest BCUT2D eigenvalue weighted by Gasteiger charge is 2.11. The van der Waals surface area contributed by atoms with Crippen molar-refractivity contribution in [1.82, 2.24) is 10.3 Å². The standard InChI is InChI=1S/C15H17N3O2/c1-11(12-7-4-3-5-8-12)17-15(19)18-13-9-6-10-16-14(13)20-2/h3-11H,1-2H3,(H2,17,18,19). The van der Waals surface area contributed by atoms with Gasteiger partial charge in [0.05, 0.1) is 13.2 Å². The minimum Gasteiger partial charge on any atom is -0.480 e. The van der Waals surface area contributed by atoms with E-state index in [0.717, 1.165) is 5.56 Å². The van der Waals surface area contributed by atoms with Crippen LogP contribution >= 0.6 is 0 Å². The quantitative estimate of drug-likeness (QED) is 0.898. The van der Waals surface area contributed by atoms with Crippen molar-refractivity contribution in [2.45, 2.75) is 13.0 Å². The number of nitrogens with one attached hydrogen (secondary N) is 2. The lowest BCUT2D eigenvalue weighted by Gasteiger charge is -2.15. The van der Waals surface area contributed by atoms with Gasteiger partial charge >= 0.3 is 6.03 Å². The van der Waals surface area contributed by atoms with Crippen molar-refractivity contribution in [3.8, 4) is 5.88 Å². The van der Waals surface area contributed by atoms with Gasteiger partial charge in [0, 0.05) is 6.20 Å². The summed E-state index contributed by atoms with van der Waals surface area (Å²) in [5.74, 6) is 0.384. The highest BCUT2D eigenvalue weighted by atomic mass is 16.5. The summed E-state index contributed by atoms with van der Waals surface area (Å²) in [6, 6.07) is 12.8. The maximum atomic E-state index is 12.0. The molecule has 0 aliphatic heterocycles. The van der Waals surface area contributed by atoms with Gasteiger partial charge in [0.1, 0.15) is 5.69 Å². The molecule has 0 bridgehead atoms. The molecule has 2 amide bonds. The Morgan fingerprint density at radius 1 is 1.20 bits per heavy atom. The molecule has 0 fully saturated rings. The van der Waals surface area contributed by atoms with E-state index < -0.39 is 0 Å². The SMILES string of the molecule is COc1ncccc1NC(=O)NC(C)c1ccccc1. The molecule has 1 heterocycles. The average Bonchev–Trinajstić information content (AvgIpc) is 2.48. The molecule has 1 unspecified atom stereocenters. The van der Waals surface area contributed by atoms with Gasteiger partial charge < -0.3 is 15.4 Å². The summed E-state index contributed by atoms with van der Waals surface area (Å²) in [7, 11) is 1.51. The van der Waals surface area contributed by atoms with Crippen molar-refractivity contribution < 1.29 is 9.53 Å². The number of benzene rings is 1. The van der Waals surface area contributed by atoms with E-state index in [4.69, 9.17) is 4.74 Å². The zero-order valence-corrected chi connectivity index (χ0v) is 11.5. The minimum atomic E-state index is -0.298. The fourth-order valence-electron chi connectivity index (χ4n) is 1.83. The van der Waals surface area contributed by atoms with Gasteiger partial charge in [-0.15, -0.1) is 0 Å². The lowest BCUT2D eigenvalue weighted by atomic mass is 10.1. The molecule has 5 heteroatoms. The molecule has 0 radical (unpaired) electrons. The second kappa shape index (κ2) is 6.56. The fourth-order valence-corrected chi connectivity index (χ4v) is 1.83. The zero-order chi connectivity index (χ0) is 14.4. The van der Waals surface area contributed by atoms with Crippen LogP contribution in [0.2, 0.25) is 0 Å². The van der Waals surface area contributed by atoms with Crippen molar-refractivity contribution >= 4 is 11.7 Å². The van der Waals surface area contributed by atoms with Crippen LogP contribution in [-0.4, -0.2) is 18.1 Å². The molecular weight excluding hydrogens is 254 g/mol. The third-order valence-corrected chi connectivity index (χ3v) is 2.86. The molecule has 0 saturated carbocycles. The van der Waals surface area contributed by atoms with Crippen molar-refractivity contribution in [1.29, 1.82) is 0 Å². The maximum absolute atomic E-state index is 12.0. The van der Waals surface area contributed by atoms with E-state index in [0.29, 0.717) is 11.6 Å². The Morgan fingerprint density at radius 3 is 2.65 bits per heavy atom. The van der Waals surface area contributed by atoms with Crippen molar-refractivity contribution in [2.24, 2.45) is 0 Å². The Morgan fingerprint density at radius 2 is 1.95 bits per heavy atom. The first-order chi connectivity index (χ1) is 9.70. The molecule has 0 spiro atoms. The van der Waals surface area contributed by atoms with Crippen molar-refractivity contribution in [3.63, 3.8) is 0 Å². The van der Waals surface area contributed by atoms with Gasteiger partial charge in [-0.1, -0.05) is 30.3 Å². The largest absolute Gasteiger partial charge is 0.480 e. The number of amides is 2. The number of hydrogen-bond acceptors (Lipinski definition) is 3. The van der Waals surface area contributed by atoms with Crippen LogP contribution in [0.4, 0.5) is 10.5 Å². The molecule has 20 heavy (non-hydrogen) atoms. The van der Waals surface area contributed by atoms with Gasteiger partial charge in [-0.2, -0.15) is 0 Å². The van der Waals surface area contributed by atoms with Crippen molar-refractivity contribution in [2.75, 3.05) is 12.4 Å². The maximum Gasteiger partial charge on any atom is 0.319 e. The first-order valence-corrected chi connectivity index (χ1v) is 6.32. The first kappa shape index (κ1) is 13.9. The summed E-state index contributed by atoms with van der Waals surface area (Å²) >= 11 is 0. The number of anilines is 1. The van der Waals surface area contributed by atoms with Gasteiger partial charge in [0.2, 0.25) is 5.88 Å². The summed E-state index contributed by atoms with van der Waals surface area (Å²) in [5.41, 5.74) is 1.58. The van der Waals surface area contributed by atoms with Crippen LogP contribution in [0.3, 0.4) is 0 Å². The number of carbonyl (C=O) groups is 1. The molecule has 104 valence electrons. The third kappa shape index (κ3) is 3.47. The number of ether oxygens (including phenoxy) is 1. The lowest BCUT2D eigenvalue weighted by molar-refractivity contribution is 0.249. The molecule has 1 aromatic carbocycles. The number of pyridine rings is 1. The molecule has 2 N–H and O–H groups in total. The van der Waals surface area contributed by atoms with Crippen LogP contribution in [0.1, 0.15) is 18.5 Å². The highest BCUT2D eigenvalue weighted by molar-refractivity contribution is 5.90. The van der Waals surface area contributed by atoms with E-state index in [9.17, 15) is 4.79 Å². The summed E-state index contributed by atoms with van der Waals surface area (Å²) in [6.45, 7) is 1.93. The Balaban J connectivity index is 1.99. The minimum absolute atomic E-state index is 0.0844. The Bertz CT molecular complexity index is 572. The molecule has 1 aromatic heterocycles. The van der Waals surface area contributed by atoms with Crippen LogP contribution in [0, 0.1) is 0 Å². The van der Waals surface area contributed by atoms with Crippen LogP contribution in [0.15, 0.2) is 48.7 Å². The number of methoxy groups -OCH3 is 1. The van der Waals surface area contributed by atoms with Gasteiger partial charge in [0.15, 0.2) is 0 Å². The molecule has 1 atom stereocenters. The van der Waals surface area contributed by atoms with Crippen molar-refractivity contribution in [3.05, 3.63) is 54.2 Å².